The van der Waals surface area contributed by atoms with E-state index in [2.05, 4.69) is 5.32 Å². The lowest BCUT2D eigenvalue weighted by molar-refractivity contribution is -0.152. The summed E-state index contributed by atoms with van der Waals surface area (Å²) in [7, 11) is 1.27. The van der Waals surface area contributed by atoms with Crippen molar-refractivity contribution in [2.24, 2.45) is 5.92 Å². The normalized spacial score (nSPS) is 23.1. The minimum Gasteiger partial charge on any atom is -0.467 e. The molecule has 2 aliphatic rings. The number of amides is 2. The first kappa shape index (κ1) is 16.7. The zero-order chi connectivity index (χ0) is 16.3. The molecule has 0 bridgehead atoms. The number of nitrogens with zero attached hydrogens (tertiary/aromatic N) is 1. The van der Waals surface area contributed by atoms with Gasteiger partial charge >= 0.3 is 5.97 Å². The van der Waals surface area contributed by atoms with Crippen molar-refractivity contribution in [3.63, 3.8) is 0 Å². The van der Waals surface area contributed by atoms with Crippen LogP contribution in [0.15, 0.2) is 0 Å². The van der Waals surface area contributed by atoms with Gasteiger partial charge in [0.25, 0.3) is 0 Å². The number of ether oxygens (including phenoxy) is 3. The van der Waals surface area contributed by atoms with Crippen LogP contribution in [-0.2, 0) is 28.6 Å². The van der Waals surface area contributed by atoms with Crippen molar-refractivity contribution in [1.82, 2.24) is 10.2 Å². The van der Waals surface area contributed by atoms with Crippen LogP contribution in [-0.4, -0.2) is 67.9 Å². The number of hydrogen-bond donors (Lipinski definition) is 1. The largest absolute Gasteiger partial charge is 0.467 e. The van der Waals surface area contributed by atoms with E-state index < -0.39 is 17.8 Å². The minimum absolute atomic E-state index is 0.156. The fourth-order valence-corrected chi connectivity index (χ4v) is 2.62. The molecule has 8 nitrogen and oxygen atoms in total. The van der Waals surface area contributed by atoms with Gasteiger partial charge < -0.3 is 24.4 Å². The smallest absolute Gasteiger partial charge is 0.328 e. The number of esters is 1. The molecular formula is C14H22N2O6. The molecule has 2 saturated heterocycles. The number of hydrogen-bond acceptors (Lipinski definition) is 6. The Bertz CT molecular complexity index is 458. The summed E-state index contributed by atoms with van der Waals surface area (Å²) in [5.41, 5.74) is 0. The predicted octanol–water partition coefficient (Wildman–Crippen LogP) is -0.724. The Morgan fingerprint density at radius 1 is 1.32 bits per heavy atom. The second-order valence-electron chi connectivity index (χ2n) is 5.74. The molecule has 0 unspecified atom stereocenters. The van der Waals surface area contributed by atoms with Crippen molar-refractivity contribution in [3.8, 4) is 0 Å². The van der Waals surface area contributed by atoms with Crippen molar-refractivity contribution in [3.05, 3.63) is 0 Å². The maximum Gasteiger partial charge on any atom is 0.328 e. The van der Waals surface area contributed by atoms with Gasteiger partial charge in [-0.05, 0) is 0 Å². The molecule has 2 aliphatic heterocycles. The first-order chi connectivity index (χ1) is 10.4. The summed E-state index contributed by atoms with van der Waals surface area (Å²) in [5, 5.41) is 2.55. The second kappa shape index (κ2) is 6.62. The monoisotopic (exact) mass is 314 g/mol. The molecule has 2 amide bonds. The SMILES string of the molecule is COC(=O)[C@@H]1CC2(CN1C(=O)CNC(=O)C(C)C)OCCO2. The number of likely N-dealkylation sites (tertiary alicyclic amines) is 1. The first-order valence-corrected chi connectivity index (χ1v) is 7.31. The summed E-state index contributed by atoms with van der Waals surface area (Å²) >= 11 is 0. The molecule has 0 aromatic rings. The van der Waals surface area contributed by atoms with Gasteiger partial charge in [-0.3, -0.25) is 9.59 Å². The van der Waals surface area contributed by atoms with E-state index in [-0.39, 0.29) is 37.2 Å². The van der Waals surface area contributed by atoms with E-state index in [1.54, 1.807) is 13.8 Å². The van der Waals surface area contributed by atoms with Crippen LogP contribution in [0.1, 0.15) is 20.3 Å². The Morgan fingerprint density at radius 3 is 2.50 bits per heavy atom. The van der Waals surface area contributed by atoms with Crippen molar-refractivity contribution in [2.75, 3.05) is 33.4 Å². The van der Waals surface area contributed by atoms with Gasteiger partial charge in [0.15, 0.2) is 5.79 Å². The van der Waals surface area contributed by atoms with Crippen molar-refractivity contribution in [1.29, 1.82) is 0 Å². The average molecular weight is 314 g/mol. The Labute approximate surface area is 129 Å². The van der Waals surface area contributed by atoms with Crippen molar-refractivity contribution >= 4 is 17.8 Å². The molecule has 0 radical (unpaired) electrons. The highest BCUT2D eigenvalue weighted by atomic mass is 16.7. The molecule has 1 N–H and O–H groups in total. The fourth-order valence-electron chi connectivity index (χ4n) is 2.62. The molecule has 0 aromatic carbocycles. The lowest BCUT2D eigenvalue weighted by atomic mass is 10.1. The molecule has 1 atom stereocenters. The van der Waals surface area contributed by atoms with E-state index in [0.717, 1.165) is 0 Å². The van der Waals surface area contributed by atoms with Gasteiger partial charge in [-0.15, -0.1) is 0 Å². The van der Waals surface area contributed by atoms with Gasteiger partial charge in [-0.1, -0.05) is 13.8 Å². The van der Waals surface area contributed by atoms with Crippen LogP contribution in [0.2, 0.25) is 0 Å². The lowest BCUT2D eigenvalue weighted by Gasteiger charge is -2.23. The quantitative estimate of drug-likeness (QED) is 0.688. The highest BCUT2D eigenvalue weighted by molar-refractivity contribution is 5.89. The number of carbonyl (C=O) groups is 3. The van der Waals surface area contributed by atoms with Crippen LogP contribution in [0.5, 0.6) is 0 Å². The maximum atomic E-state index is 12.3. The number of rotatable bonds is 4. The van der Waals surface area contributed by atoms with Gasteiger partial charge in [-0.25, -0.2) is 4.79 Å². The summed E-state index contributed by atoms with van der Waals surface area (Å²) in [4.78, 5) is 37.2. The van der Waals surface area contributed by atoms with Crippen molar-refractivity contribution in [2.45, 2.75) is 32.1 Å². The molecule has 2 heterocycles. The van der Waals surface area contributed by atoms with E-state index >= 15 is 0 Å². The maximum absolute atomic E-state index is 12.3. The van der Waals surface area contributed by atoms with Gasteiger partial charge in [0.2, 0.25) is 11.8 Å². The Morgan fingerprint density at radius 2 is 1.95 bits per heavy atom. The zero-order valence-electron chi connectivity index (χ0n) is 13.1. The zero-order valence-corrected chi connectivity index (χ0v) is 13.1. The van der Waals surface area contributed by atoms with E-state index in [4.69, 9.17) is 14.2 Å². The highest BCUT2D eigenvalue weighted by Gasteiger charge is 2.52. The van der Waals surface area contributed by atoms with E-state index in [9.17, 15) is 14.4 Å². The van der Waals surface area contributed by atoms with Crippen LogP contribution in [0.4, 0.5) is 0 Å². The number of carbonyl (C=O) groups excluding carboxylic acids is 3. The van der Waals surface area contributed by atoms with Gasteiger partial charge in [-0.2, -0.15) is 0 Å². The fraction of sp³-hybridized carbons (Fsp3) is 0.786. The van der Waals surface area contributed by atoms with E-state index in [1.165, 1.54) is 12.0 Å². The summed E-state index contributed by atoms with van der Waals surface area (Å²) in [6.45, 7) is 4.33. The first-order valence-electron chi connectivity index (χ1n) is 7.31. The molecule has 1 spiro atoms. The van der Waals surface area contributed by atoms with E-state index in [0.29, 0.717) is 13.2 Å². The third-order valence-corrected chi connectivity index (χ3v) is 3.84. The molecule has 0 aliphatic carbocycles. The van der Waals surface area contributed by atoms with Crippen LogP contribution in [0.25, 0.3) is 0 Å². The predicted molar refractivity (Wildman–Crippen MR) is 74.6 cm³/mol. The Kier molecular flexibility index (Phi) is 5.02. The highest BCUT2D eigenvalue weighted by Crippen LogP contribution is 2.35. The standard InChI is InChI=1S/C14H22N2O6/c1-9(2)12(18)15-7-11(17)16-8-14(21-4-5-22-14)6-10(16)13(19)20-3/h9-10H,4-8H2,1-3H3,(H,15,18)/t10-/m0/s1. The molecule has 8 heteroatoms. The molecule has 0 saturated carbocycles. The molecule has 2 fully saturated rings. The third kappa shape index (κ3) is 3.38. The Hall–Kier alpha value is -1.67. The summed E-state index contributed by atoms with van der Waals surface area (Å²) in [5.74, 6) is -2.24. The summed E-state index contributed by atoms with van der Waals surface area (Å²) < 4.78 is 15.9. The molecule has 124 valence electrons. The summed E-state index contributed by atoms with van der Waals surface area (Å²) in [6, 6.07) is -0.758. The van der Waals surface area contributed by atoms with Gasteiger partial charge in [0.05, 0.1) is 33.4 Å². The number of methoxy groups -OCH3 is 1. The van der Waals surface area contributed by atoms with E-state index in [1.807, 2.05) is 0 Å². The molecule has 2 rings (SSSR count). The van der Waals surface area contributed by atoms with Gasteiger partial charge in [0.1, 0.15) is 6.04 Å². The van der Waals surface area contributed by atoms with Crippen LogP contribution in [0.3, 0.4) is 0 Å². The number of nitrogens with one attached hydrogen (secondary N) is 1. The molecular weight excluding hydrogens is 292 g/mol. The van der Waals surface area contributed by atoms with Crippen molar-refractivity contribution < 1.29 is 28.6 Å². The second-order valence-corrected chi connectivity index (χ2v) is 5.74. The minimum atomic E-state index is -0.934. The molecule has 22 heavy (non-hydrogen) atoms. The summed E-state index contributed by atoms with van der Waals surface area (Å²) in [6.07, 6.45) is 0.240. The molecule has 0 aromatic heterocycles. The third-order valence-electron chi connectivity index (χ3n) is 3.84. The van der Waals surface area contributed by atoms with Crippen LogP contribution in [0, 0.1) is 5.92 Å². The van der Waals surface area contributed by atoms with Crippen LogP contribution < -0.4 is 5.32 Å². The topological polar surface area (TPSA) is 94.2 Å². The average Bonchev–Trinajstić information content (AvgIpc) is 3.11. The lowest BCUT2D eigenvalue weighted by Crippen LogP contribution is -2.47. The van der Waals surface area contributed by atoms with Gasteiger partial charge in [0, 0.05) is 12.3 Å². The van der Waals surface area contributed by atoms with Crippen LogP contribution >= 0.6 is 0 Å². The Balaban J connectivity index is 2.03.